The fraction of sp³-hybridized carbons (Fsp3) is 0.812. The summed E-state index contributed by atoms with van der Waals surface area (Å²) in [6, 6.07) is 0. The number of halogens is 1. The van der Waals surface area contributed by atoms with E-state index in [2.05, 4.69) is 17.3 Å². The molecule has 1 aromatic rings. The molecule has 114 valence electrons. The molecule has 0 spiro atoms. The van der Waals surface area contributed by atoms with Crippen LogP contribution in [-0.4, -0.2) is 17.7 Å². The monoisotopic (exact) mass is 315 g/mol. The zero-order chi connectivity index (χ0) is 14.2. The highest BCUT2D eigenvalue weighted by Gasteiger charge is 2.23. The smallest absolute Gasteiger partial charge is 0.0928 e. The van der Waals surface area contributed by atoms with Gasteiger partial charge in [0.2, 0.25) is 0 Å². The number of aryl methyl sites for hydroxylation is 1. The van der Waals surface area contributed by atoms with Gasteiger partial charge in [-0.25, -0.2) is 4.98 Å². The third kappa shape index (κ3) is 5.01. The van der Waals surface area contributed by atoms with E-state index in [1.165, 1.54) is 43.5 Å². The van der Waals surface area contributed by atoms with Crippen LogP contribution in [0.1, 0.15) is 62.6 Å². The molecule has 2 atom stereocenters. The van der Waals surface area contributed by atoms with E-state index in [1.807, 2.05) is 0 Å². The van der Waals surface area contributed by atoms with E-state index in [0.29, 0.717) is 12.0 Å². The van der Waals surface area contributed by atoms with Gasteiger partial charge in [-0.3, -0.25) is 0 Å². The van der Waals surface area contributed by atoms with Crippen molar-refractivity contribution in [3.8, 4) is 0 Å². The maximum atomic E-state index is 6.11. The molecule has 1 saturated carbocycles. The molecule has 2 unspecified atom stereocenters. The highest BCUT2D eigenvalue weighted by molar-refractivity contribution is 7.09. The van der Waals surface area contributed by atoms with Gasteiger partial charge in [0.25, 0.3) is 0 Å². The average molecular weight is 316 g/mol. The molecular formula is C16H26ClNOS. The van der Waals surface area contributed by atoms with Crippen molar-refractivity contribution in [1.29, 1.82) is 0 Å². The minimum atomic E-state index is 0.525. The summed E-state index contributed by atoms with van der Waals surface area (Å²) in [6.07, 6.45) is 10.5. The van der Waals surface area contributed by atoms with E-state index in [9.17, 15) is 0 Å². The molecule has 0 radical (unpaired) electrons. The first-order valence-corrected chi connectivity index (χ1v) is 9.35. The molecule has 1 fully saturated rings. The molecule has 1 heterocycles. The molecule has 1 aliphatic rings. The van der Waals surface area contributed by atoms with Crippen LogP contribution in [0.5, 0.6) is 0 Å². The van der Waals surface area contributed by atoms with Crippen molar-refractivity contribution < 1.29 is 4.74 Å². The van der Waals surface area contributed by atoms with Crippen molar-refractivity contribution in [3.05, 3.63) is 16.1 Å². The lowest BCUT2D eigenvalue weighted by molar-refractivity contribution is -0.0133. The Morgan fingerprint density at radius 2 is 2.20 bits per heavy atom. The topological polar surface area (TPSA) is 22.1 Å². The Balaban J connectivity index is 1.59. The van der Waals surface area contributed by atoms with Gasteiger partial charge in [-0.2, -0.15) is 0 Å². The highest BCUT2D eigenvalue weighted by Crippen LogP contribution is 2.29. The standard InChI is InChI=1S/C16H26ClNOS/c1-2-13-7-3-4-8-15(13)19-10-6-5-9-16-18-14(11-17)12-20-16/h12-13,15H,2-11H2,1H3. The number of unbranched alkanes of at least 4 members (excludes halogenated alkanes) is 1. The van der Waals surface area contributed by atoms with Crippen LogP contribution in [-0.2, 0) is 17.0 Å². The molecule has 2 rings (SSSR count). The zero-order valence-corrected chi connectivity index (χ0v) is 14.0. The van der Waals surface area contributed by atoms with E-state index >= 15 is 0 Å². The second-order valence-corrected chi connectivity index (χ2v) is 6.90. The maximum Gasteiger partial charge on any atom is 0.0928 e. The minimum Gasteiger partial charge on any atom is -0.378 e. The Labute approximate surface area is 131 Å². The van der Waals surface area contributed by atoms with Crippen LogP contribution in [0.2, 0.25) is 0 Å². The number of nitrogens with zero attached hydrogens (tertiary/aromatic N) is 1. The summed E-state index contributed by atoms with van der Waals surface area (Å²) in [5.74, 6) is 1.33. The first-order valence-electron chi connectivity index (χ1n) is 7.94. The molecule has 20 heavy (non-hydrogen) atoms. The summed E-state index contributed by atoms with van der Waals surface area (Å²) < 4.78 is 6.11. The zero-order valence-electron chi connectivity index (χ0n) is 12.4. The number of aromatic nitrogens is 1. The first-order chi connectivity index (χ1) is 9.83. The van der Waals surface area contributed by atoms with Gasteiger partial charge in [0.05, 0.1) is 22.7 Å². The van der Waals surface area contributed by atoms with Crippen molar-refractivity contribution >= 4 is 22.9 Å². The fourth-order valence-corrected chi connectivity index (χ4v) is 4.07. The van der Waals surface area contributed by atoms with Crippen LogP contribution in [0.15, 0.2) is 5.38 Å². The molecule has 0 aromatic carbocycles. The Morgan fingerprint density at radius 1 is 1.35 bits per heavy atom. The van der Waals surface area contributed by atoms with Crippen molar-refractivity contribution in [2.75, 3.05) is 6.61 Å². The number of alkyl halides is 1. The summed E-state index contributed by atoms with van der Waals surface area (Å²) in [5.41, 5.74) is 1.01. The normalized spacial score (nSPS) is 23.1. The highest BCUT2D eigenvalue weighted by atomic mass is 35.5. The molecule has 0 aliphatic heterocycles. The quantitative estimate of drug-likeness (QED) is 0.486. The van der Waals surface area contributed by atoms with Crippen molar-refractivity contribution in [3.63, 3.8) is 0 Å². The van der Waals surface area contributed by atoms with E-state index in [-0.39, 0.29) is 0 Å². The van der Waals surface area contributed by atoms with E-state index in [0.717, 1.165) is 31.1 Å². The average Bonchev–Trinajstić information content (AvgIpc) is 2.95. The van der Waals surface area contributed by atoms with Gasteiger partial charge >= 0.3 is 0 Å². The Hall–Kier alpha value is -0.120. The van der Waals surface area contributed by atoms with E-state index in [1.54, 1.807) is 11.3 Å². The maximum absolute atomic E-state index is 6.11. The SMILES string of the molecule is CCC1CCCCC1OCCCCc1nc(CCl)cs1. The number of ether oxygens (including phenoxy) is 1. The molecule has 0 saturated heterocycles. The largest absolute Gasteiger partial charge is 0.378 e. The summed E-state index contributed by atoms with van der Waals surface area (Å²) in [5, 5.41) is 3.27. The second kappa shape index (κ2) is 9.01. The van der Waals surface area contributed by atoms with Crippen LogP contribution in [0.4, 0.5) is 0 Å². The van der Waals surface area contributed by atoms with Gasteiger partial charge in [-0.15, -0.1) is 22.9 Å². The van der Waals surface area contributed by atoms with Gasteiger partial charge in [0, 0.05) is 12.0 Å². The molecular weight excluding hydrogens is 290 g/mol. The number of hydrogen-bond acceptors (Lipinski definition) is 3. The summed E-state index contributed by atoms with van der Waals surface area (Å²) in [4.78, 5) is 4.49. The van der Waals surface area contributed by atoms with Crippen LogP contribution in [0.25, 0.3) is 0 Å². The lowest BCUT2D eigenvalue weighted by atomic mass is 9.85. The third-order valence-electron chi connectivity index (χ3n) is 4.22. The molecule has 0 bridgehead atoms. The molecule has 0 N–H and O–H groups in total. The van der Waals surface area contributed by atoms with E-state index < -0.39 is 0 Å². The van der Waals surface area contributed by atoms with Gasteiger partial charge in [-0.05, 0) is 38.0 Å². The van der Waals surface area contributed by atoms with E-state index in [4.69, 9.17) is 16.3 Å². The van der Waals surface area contributed by atoms with Gasteiger partial charge in [0.1, 0.15) is 0 Å². The second-order valence-electron chi connectivity index (χ2n) is 5.69. The predicted octanol–water partition coefficient (Wildman–Crippen LogP) is 5.19. The van der Waals surface area contributed by atoms with Gasteiger partial charge in [-0.1, -0.05) is 26.2 Å². The lowest BCUT2D eigenvalue weighted by Gasteiger charge is -2.30. The Morgan fingerprint density at radius 3 is 2.95 bits per heavy atom. The molecule has 2 nitrogen and oxygen atoms in total. The number of hydrogen-bond donors (Lipinski definition) is 0. The van der Waals surface area contributed by atoms with Crippen molar-refractivity contribution in [2.45, 2.75) is 70.3 Å². The third-order valence-corrected chi connectivity index (χ3v) is 5.45. The van der Waals surface area contributed by atoms with Crippen LogP contribution >= 0.6 is 22.9 Å². The van der Waals surface area contributed by atoms with Gasteiger partial charge < -0.3 is 4.74 Å². The number of thiazole rings is 1. The Kier molecular flexibility index (Phi) is 7.32. The van der Waals surface area contributed by atoms with Gasteiger partial charge in [0.15, 0.2) is 0 Å². The molecule has 1 aromatic heterocycles. The van der Waals surface area contributed by atoms with Crippen LogP contribution in [0, 0.1) is 5.92 Å². The first kappa shape index (κ1) is 16.3. The summed E-state index contributed by atoms with van der Waals surface area (Å²) in [7, 11) is 0. The van der Waals surface area contributed by atoms with Crippen molar-refractivity contribution in [2.24, 2.45) is 5.92 Å². The number of rotatable bonds is 8. The van der Waals surface area contributed by atoms with Crippen LogP contribution in [0.3, 0.4) is 0 Å². The Bertz CT molecular complexity index is 382. The summed E-state index contributed by atoms with van der Waals surface area (Å²) >= 11 is 7.49. The fourth-order valence-electron chi connectivity index (χ4n) is 3.00. The predicted molar refractivity (Wildman–Crippen MR) is 86.6 cm³/mol. The molecule has 4 heteroatoms. The minimum absolute atomic E-state index is 0.525. The molecule has 0 amide bonds. The van der Waals surface area contributed by atoms with Crippen molar-refractivity contribution in [1.82, 2.24) is 4.98 Å². The lowest BCUT2D eigenvalue weighted by Crippen LogP contribution is -2.27. The molecule has 1 aliphatic carbocycles. The van der Waals surface area contributed by atoms with Crippen LogP contribution < -0.4 is 0 Å². The summed E-state index contributed by atoms with van der Waals surface area (Å²) in [6.45, 7) is 3.21.